The molecule has 3 heteroatoms. The highest BCUT2D eigenvalue weighted by molar-refractivity contribution is 5.46. The molecule has 0 amide bonds. The lowest BCUT2D eigenvalue weighted by Gasteiger charge is -2.19. The van der Waals surface area contributed by atoms with Gasteiger partial charge in [-0.1, -0.05) is 19.1 Å². The van der Waals surface area contributed by atoms with Crippen LogP contribution in [-0.2, 0) is 0 Å². The minimum Gasteiger partial charge on any atom is -0.491 e. The molecule has 2 aromatic carbocycles. The summed E-state index contributed by atoms with van der Waals surface area (Å²) in [5.74, 6) is 1.83. The van der Waals surface area contributed by atoms with Gasteiger partial charge in [0.15, 0.2) is 0 Å². The summed E-state index contributed by atoms with van der Waals surface area (Å²) in [6.45, 7) is 9.05. The second kappa shape index (κ2) is 8.47. The molecule has 0 radical (unpaired) electrons. The molecule has 0 aliphatic heterocycles. The maximum atomic E-state index is 6.06. The molecule has 2 rings (SSSR count). The second-order valence-corrected chi connectivity index (χ2v) is 6.04. The topological polar surface area (TPSA) is 30.5 Å². The van der Waals surface area contributed by atoms with E-state index in [0.29, 0.717) is 0 Å². The van der Waals surface area contributed by atoms with E-state index < -0.39 is 0 Å². The van der Waals surface area contributed by atoms with Crippen molar-refractivity contribution < 1.29 is 9.47 Å². The van der Waals surface area contributed by atoms with Crippen molar-refractivity contribution in [3.8, 4) is 11.5 Å². The van der Waals surface area contributed by atoms with Gasteiger partial charge in [-0.25, -0.2) is 0 Å². The monoisotopic (exact) mass is 313 g/mol. The summed E-state index contributed by atoms with van der Waals surface area (Å²) >= 11 is 0. The predicted molar refractivity (Wildman–Crippen MR) is 96.6 cm³/mol. The molecular weight excluding hydrogens is 286 g/mol. The molecule has 2 aromatic rings. The zero-order valence-corrected chi connectivity index (χ0v) is 14.5. The Labute approximate surface area is 139 Å². The van der Waals surface area contributed by atoms with Crippen LogP contribution in [0.1, 0.15) is 32.8 Å². The van der Waals surface area contributed by atoms with E-state index in [0.717, 1.165) is 30.2 Å². The van der Waals surface area contributed by atoms with Crippen LogP contribution in [-0.4, -0.2) is 18.8 Å². The first kappa shape index (κ1) is 17.2. The van der Waals surface area contributed by atoms with Gasteiger partial charge in [-0.15, -0.1) is 0 Å². The third-order valence-electron chi connectivity index (χ3n) is 3.51. The lowest BCUT2D eigenvalue weighted by molar-refractivity contribution is 0.210. The molecule has 0 fully saturated rings. The molecule has 0 saturated carbocycles. The zero-order valence-electron chi connectivity index (χ0n) is 14.5. The summed E-state index contributed by atoms with van der Waals surface area (Å²) in [6.07, 6.45) is 1.29. The highest BCUT2D eigenvalue weighted by Crippen LogP contribution is 2.18. The van der Waals surface area contributed by atoms with Crippen LogP contribution in [0.2, 0.25) is 0 Å². The zero-order chi connectivity index (χ0) is 16.7. The molecule has 1 unspecified atom stereocenters. The van der Waals surface area contributed by atoms with Crippen LogP contribution >= 0.6 is 0 Å². The molecule has 23 heavy (non-hydrogen) atoms. The summed E-state index contributed by atoms with van der Waals surface area (Å²) in [5.41, 5.74) is 2.29. The fraction of sp³-hybridized carbons (Fsp3) is 0.400. The number of ether oxygens (including phenoxy) is 2. The highest BCUT2D eigenvalue weighted by atomic mass is 16.5. The van der Waals surface area contributed by atoms with Crippen molar-refractivity contribution in [2.45, 2.75) is 46.3 Å². The van der Waals surface area contributed by atoms with Crippen LogP contribution < -0.4 is 14.8 Å². The van der Waals surface area contributed by atoms with Gasteiger partial charge in [0.25, 0.3) is 0 Å². The molecule has 124 valence electrons. The molecule has 0 bridgehead atoms. The molecule has 0 aliphatic rings. The van der Waals surface area contributed by atoms with Crippen molar-refractivity contribution in [1.29, 1.82) is 0 Å². The van der Waals surface area contributed by atoms with Gasteiger partial charge < -0.3 is 14.8 Å². The number of hydrogen-bond acceptors (Lipinski definition) is 3. The Hall–Kier alpha value is -2.16. The van der Waals surface area contributed by atoms with E-state index in [9.17, 15) is 0 Å². The standard InChI is InChI=1S/C20H27NO2/c1-5-18(23-20-8-6-7-16(4)13-20)14-21-17-9-11-19(12-10-17)22-15(2)3/h6-13,15,18,21H,5,14H2,1-4H3. The Morgan fingerprint density at radius 1 is 0.957 bits per heavy atom. The van der Waals surface area contributed by atoms with E-state index in [4.69, 9.17) is 9.47 Å². The summed E-state index contributed by atoms with van der Waals surface area (Å²) in [5, 5.41) is 3.43. The van der Waals surface area contributed by atoms with Gasteiger partial charge in [-0.05, 0) is 69.2 Å². The van der Waals surface area contributed by atoms with Crippen molar-refractivity contribution in [3.05, 3.63) is 54.1 Å². The largest absolute Gasteiger partial charge is 0.491 e. The number of benzene rings is 2. The van der Waals surface area contributed by atoms with Crippen molar-refractivity contribution in [2.24, 2.45) is 0 Å². The Morgan fingerprint density at radius 2 is 1.70 bits per heavy atom. The van der Waals surface area contributed by atoms with E-state index >= 15 is 0 Å². The third kappa shape index (κ3) is 5.85. The lowest BCUT2D eigenvalue weighted by Crippen LogP contribution is -2.25. The first-order valence-corrected chi connectivity index (χ1v) is 8.30. The van der Waals surface area contributed by atoms with Crippen molar-refractivity contribution in [1.82, 2.24) is 0 Å². The average molecular weight is 313 g/mol. The Bertz CT molecular complexity index is 593. The maximum absolute atomic E-state index is 6.06. The third-order valence-corrected chi connectivity index (χ3v) is 3.51. The smallest absolute Gasteiger partial charge is 0.120 e. The first-order valence-electron chi connectivity index (χ1n) is 8.30. The van der Waals surface area contributed by atoms with E-state index in [-0.39, 0.29) is 12.2 Å². The van der Waals surface area contributed by atoms with Crippen molar-refractivity contribution >= 4 is 5.69 Å². The molecule has 3 nitrogen and oxygen atoms in total. The summed E-state index contributed by atoms with van der Waals surface area (Å²) in [6, 6.07) is 16.2. The van der Waals surface area contributed by atoms with Crippen molar-refractivity contribution in [2.75, 3.05) is 11.9 Å². The van der Waals surface area contributed by atoms with Gasteiger partial charge in [0.2, 0.25) is 0 Å². The van der Waals surface area contributed by atoms with Gasteiger partial charge in [-0.2, -0.15) is 0 Å². The minimum atomic E-state index is 0.142. The van der Waals surface area contributed by atoms with Gasteiger partial charge in [-0.3, -0.25) is 0 Å². The Kier molecular flexibility index (Phi) is 6.33. The van der Waals surface area contributed by atoms with Crippen molar-refractivity contribution in [3.63, 3.8) is 0 Å². The normalized spacial score (nSPS) is 12.0. The average Bonchev–Trinajstić information content (AvgIpc) is 2.52. The van der Waals surface area contributed by atoms with Gasteiger partial charge in [0.05, 0.1) is 12.6 Å². The summed E-state index contributed by atoms with van der Waals surface area (Å²) in [4.78, 5) is 0. The number of rotatable bonds is 8. The maximum Gasteiger partial charge on any atom is 0.120 e. The fourth-order valence-electron chi connectivity index (χ4n) is 2.31. The highest BCUT2D eigenvalue weighted by Gasteiger charge is 2.08. The van der Waals surface area contributed by atoms with Crippen LogP contribution in [0.15, 0.2) is 48.5 Å². The molecule has 0 aromatic heterocycles. The number of aryl methyl sites for hydroxylation is 1. The quantitative estimate of drug-likeness (QED) is 0.739. The minimum absolute atomic E-state index is 0.142. The van der Waals surface area contributed by atoms with Crippen LogP contribution in [0.5, 0.6) is 11.5 Å². The van der Waals surface area contributed by atoms with E-state index in [2.05, 4.69) is 31.3 Å². The molecule has 1 N–H and O–H groups in total. The number of anilines is 1. The fourth-order valence-corrected chi connectivity index (χ4v) is 2.31. The van der Waals surface area contributed by atoms with E-state index in [1.807, 2.05) is 50.2 Å². The summed E-state index contributed by atoms with van der Waals surface area (Å²) < 4.78 is 11.7. The van der Waals surface area contributed by atoms with Crippen LogP contribution in [0.4, 0.5) is 5.69 Å². The molecule has 0 heterocycles. The second-order valence-electron chi connectivity index (χ2n) is 6.04. The molecule has 1 atom stereocenters. The van der Waals surface area contributed by atoms with Gasteiger partial charge in [0.1, 0.15) is 17.6 Å². The van der Waals surface area contributed by atoms with Crippen LogP contribution in [0.25, 0.3) is 0 Å². The molecular formula is C20H27NO2. The number of hydrogen-bond donors (Lipinski definition) is 1. The van der Waals surface area contributed by atoms with Crippen LogP contribution in [0.3, 0.4) is 0 Å². The van der Waals surface area contributed by atoms with Gasteiger partial charge in [0, 0.05) is 5.69 Å². The summed E-state index contributed by atoms with van der Waals surface area (Å²) in [7, 11) is 0. The Balaban J connectivity index is 1.87. The molecule has 0 saturated heterocycles. The molecule has 0 spiro atoms. The van der Waals surface area contributed by atoms with E-state index in [1.165, 1.54) is 5.56 Å². The van der Waals surface area contributed by atoms with E-state index in [1.54, 1.807) is 0 Å². The SMILES string of the molecule is CCC(CNc1ccc(OC(C)C)cc1)Oc1cccc(C)c1. The lowest BCUT2D eigenvalue weighted by atomic mass is 10.2. The van der Waals surface area contributed by atoms with Crippen LogP contribution in [0, 0.1) is 6.92 Å². The number of nitrogens with one attached hydrogen (secondary N) is 1. The predicted octanol–water partition coefficient (Wildman–Crippen LogP) is 5.05. The first-order chi connectivity index (χ1) is 11.1. The Morgan fingerprint density at radius 3 is 2.30 bits per heavy atom. The van der Waals surface area contributed by atoms with Gasteiger partial charge >= 0.3 is 0 Å². The molecule has 0 aliphatic carbocycles.